The van der Waals surface area contributed by atoms with Crippen LogP contribution in [0.25, 0.3) is 10.9 Å². The molecule has 6 nitrogen and oxygen atoms in total. The Hall–Kier alpha value is -3.02. The average molecular weight is 297 g/mol. The van der Waals surface area contributed by atoms with Gasteiger partial charge >= 0.3 is 11.7 Å². The highest BCUT2D eigenvalue weighted by Crippen LogP contribution is 2.21. The first kappa shape index (κ1) is 13.9. The standard InChI is InChI=1S/C16H15N3O3/c17-12-8-11-14(9-13(12)18)19-16(22-15(11)20)21-7-6-10-4-2-1-3-5-10/h1-5,8-9H,6-7,17-18H2. The van der Waals surface area contributed by atoms with E-state index in [9.17, 15) is 4.79 Å². The van der Waals surface area contributed by atoms with Crippen molar-refractivity contribution in [3.63, 3.8) is 0 Å². The SMILES string of the molecule is Nc1cc2nc(OCCc3ccccc3)oc(=O)c2cc1N. The van der Waals surface area contributed by atoms with E-state index in [-0.39, 0.29) is 11.5 Å². The Kier molecular flexibility index (Phi) is 3.65. The summed E-state index contributed by atoms with van der Waals surface area (Å²) < 4.78 is 10.5. The number of nitrogen functional groups attached to an aromatic ring is 2. The summed E-state index contributed by atoms with van der Waals surface area (Å²) in [5.74, 6) is 0. The molecule has 3 rings (SSSR count). The monoisotopic (exact) mass is 297 g/mol. The Labute approximate surface area is 126 Å². The zero-order chi connectivity index (χ0) is 15.5. The molecule has 0 aliphatic carbocycles. The number of fused-ring (bicyclic) bond motifs is 1. The number of nitrogens with two attached hydrogens (primary N) is 2. The Morgan fingerprint density at radius 1 is 1.09 bits per heavy atom. The molecular weight excluding hydrogens is 282 g/mol. The topological polar surface area (TPSA) is 104 Å². The van der Waals surface area contributed by atoms with E-state index in [1.54, 1.807) is 0 Å². The summed E-state index contributed by atoms with van der Waals surface area (Å²) >= 11 is 0. The lowest BCUT2D eigenvalue weighted by Gasteiger charge is -2.06. The normalized spacial score (nSPS) is 10.7. The number of aromatic nitrogens is 1. The quantitative estimate of drug-likeness (QED) is 0.713. The Bertz CT molecular complexity index is 860. The molecule has 0 radical (unpaired) electrons. The average Bonchev–Trinajstić information content (AvgIpc) is 2.50. The minimum Gasteiger partial charge on any atom is -0.450 e. The molecule has 4 N–H and O–H groups in total. The van der Waals surface area contributed by atoms with Gasteiger partial charge in [-0.1, -0.05) is 30.3 Å². The van der Waals surface area contributed by atoms with Gasteiger partial charge in [-0.05, 0) is 17.7 Å². The minimum absolute atomic E-state index is 0.0717. The van der Waals surface area contributed by atoms with E-state index in [0.29, 0.717) is 29.9 Å². The van der Waals surface area contributed by atoms with Crippen molar-refractivity contribution in [1.29, 1.82) is 0 Å². The fraction of sp³-hybridized carbons (Fsp3) is 0.125. The predicted octanol–water partition coefficient (Wildman–Crippen LogP) is 1.97. The zero-order valence-corrected chi connectivity index (χ0v) is 11.8. The van der Waals surface area contributed by atoms with Crippen LogP contribution in [0.2, 0.25) is 0 Å². The molecule has 0 atom stereocenters. The molecule has 6 heteroatoms. The van der Waals surface area contributed by atoms with Gasteiger partial charge in [-0.25, -0.2) is 4.79 Å². The van der Waals surface area contributed by atoms with Crippen LogP contribution in [0, 0.1) is 0 Å². The van der Waals surface area contributed by atoms with Gasteiger partial charge in [0.05, 0.1) is 28.9 Å². The highest BCUT2D eigenvalue weighted by Gasteiger charge is 2.09. The van der Waals surface area contributed by atoms with Crippen LogP contribution < -0.4 is 21.8 Å². The van der Waals surface area contributed by atoms with Gasteiger partial charge < -0.3 is 20.6 Å². The van der Waals surface area contributed by atoms with Gasteiger partial charge in [-0.15, -0.1) is 0 Å². The molecule has 0 bridgehead atoms. The molecule has 2 aromatic carbocycles. The maximum atomic E-state index is 11.9. The van der Waals surface area contributed by atoms with Crippen molar-refractivity contribution in [2.24, 2.45) is 0 Å². The van der Waals surface area contributed by atoms with Crippen molar-refractivity contribution in [2.45, 2.75) is 6.42 Å². The lowest BCUT2D eigenvalue weighted by Crippen LogP contribution is -2.08. The molecule has 0 amide bonds. The van der Waals surface area contributed by atoms with Gasteiger partial charge in [0.15, 0.2) is 0 Å². The molecule has 22 heavy (non-hydrogen) atoms. The fourth-order valence-electron chi connectivity index (χ4n) is 2.10. The second-order valence-electron chi connectivity index (χ2n) is 4.85. The lowest BCUT2D eigenvalue weighted by molar-refractivity contribution is 0.219. The molecular formula is C16H15N3O3. The minimum atomic E-state index is -0.550. The Morgan fingerprint density at radius 3 is 2.59 bits per heavy atom. The van der Waals surface area contributed by atoms with Crippen LogP contribution in [0.5, 0.6) is 6.08 Å². The number of rotatable bonds is 4. The Morgan fingerprint density at radius 2 is 1.82 bits per heavy atom. The van der Waals surface area contributed by atoms with Crippen LogP contribution in [0.3, 0.4) is 0 Å². The van der Waals surface area contributed by atoms with Gasteiger partial charge in [-0.3, -0.25) is 0 Å². The molecule has 112 valence electrons. The van der Waals surface area contributed by atoms with Crippen molar-refractivity contribution in [3.05, 3.63) is 58.4 Å². The van der Waals surface area contributed by atoms with Crippen LogP contribution in [0.1, 0.15) is 5.56 Å². The van der Waals surface area contributed by atoms with E-state index in [1.165, 1.54) is 12.1 Å². The summed E-state index contributed by atoms with van der Waals surface area (Å²) in [6, 6.07) is 12.8. The molecule has 0 unspecified atom stereocenters. The third-order valence-electron chi connectivity index (χ3n) is 3.27. The van der Waals surface area contributed by atoms with Crippen molar-refractivity contribution in [3.8, 4) is 6.08 Å². The summed E-state index contributed by atoms with van der Waals surface area (Å²) in [6.45, 7) is 0.357. The molecule has 0 saturated carbocycles. The van der Waals surface area contributed by atoms with E-state index in [1.807, 2.05) is 30.3 Å². The molecule has 0 aliphatic heterocycles. The third kappa shape index (κ3) is 2.85. The molecule has 1 aromatic heterocycles. The molecule has 0 aliphatic rings. The number of anilines is 2. The van der Waals surface area contributed by atoms with Gasteiger partial charge in [0.25, 0.3) is 0 Å². The summed E-state index contributed by atoms with van der Waals surface area (Å²) in [5.41, 5.74) is 13.1. The summed E-state index contributed by atoms with van der Waals surface area (Å²) in [5, 5.41) is 0.280. The van der Waals surface area contributed by atoms with Crippen LogP contribution in [0.15, 0.2) is 51.7 Å². The molecule has 0 fully saturated rings. The van der Waals surface area contributed by atoms with E-state index >= 15 is 0 Å². The van der Waals surface area contributed by atoms with Gasteiger partial charge in [-0.2, -0.15) is 4.98 Å². The predicted molar refractivity (Wildman–Crippen MR) is 84.7 cm³/mol. The van der Waals surface area contributed by atoms with Crippen molar-refractivity contribution >= 4 is 22.3 Å². The van der Waals surface area contributed by atoms with Crippen molar-refractivity contribution in [1.82, 2.24) is 4.98 Å². The summed E-state index contributed by atoms with van der Waals surface area (Å²) in [6.07, 6.45) is 0.617. The van der Waals surface area contributed by atoms with E-state index in [2.05, 4.69) is 4.98 Å². The number of nitrogens with zero attached hydrogens (tertiary/aromatic N) is 1. The molecule has 3 aromatic rings. The first-order valence-electron chi connectivity index (χ1n) is 6.80. The molecule has 0 saturated heterocycles. The molecule has 1 heterocycles. The van der Waals surface area contributed by atoms with Crippen LogP contribution in [0.4, 0.5) is 11.4 Å². The van der Waals surface area contributed by atoms with Crippen LogP contribution in [-0.4, -0.2) is 11.6 Å². The highest BCUT2D eigenvalue weighted by atomic mass is 16.6. The largest absolute Gasteiger partial charge is 0.450 e. The highest BCUT2D eigenvalue weighted by molar-refractivity contribution is 5.87. The first-order chi connectivity index (χ1) is 10.6. The number of hydrogen-bond acceptors (Lipinski definition) is 6. The maximum Gasteiger partial charge on any atom is 0.397 e. The Balaban J connectivity index is 1.80. The van der Waals surface area contributed by atoms with E-state index in [4.69, 9.17) is 20.6 Å². The van der Waals surface area contributed by atoms with Crippen LogP contribution in [-0.2, 0) is 6.42 Å². The lowest BCUT2D eigenvalue weighted by atomic mass is 10.2. The number of benzene rings is 2. The summed E-state index contributed by atoms with van der Waals surface area (Å²) in [7, 11) is 0. The maximum absolute atomic E-state index is 11.9. The van der Waals surface area contributed by atoms with Gasteiger partial charge in [0.2, 0.25) is 0 Å². The second kappa shape index (κ2) is 5.77. The van der Waals surface area contributed by atoms with Gasteiger partial charge in [0, 0.05) is 6.42 Å². The smallest absolute Gasteiger partial charge is 0.397 e. The van der Waals surface area contributed by atoms with Crippen molar-refractivity contribution in [2.75, 3.05) is 18.1 Å². The fourth-order valence-corrected chi connectivity index (χ4v) is 2.10. The number of hydrogen-bond donors (Lipinski definition) is 2. The summed E-state index contributed by atoms with van der Waals surface area (Å²) in [4.78, 5) is 16.1. The van der Waals surface area contributed by atoms with Crippen LogP contribution >= 0.6 is 0 Å². The third-order valence-corrected chi connectivity index (χ3v) is 3.27. The number of ether oxygens (including phenoxy) is 1. The van der Waals surface area contributed by atoms with E-state index < -0.39 is 5.63 Å². The molecule has 0 spiro atoms. The zero-order valence-electron chi connectivity index (χ0n) is 11.8. The van der Waals surface area contributed by atoms with Crippen molar-refractivity contribution < 1.29 is 9.15 Å². The first-order valence-corrected chi connectivity index (χ1v) is 6.80. The van der Waals surface area contributed by atoms with Gasteiger partial charge in [0.1, 0.15) is 0 Å². The second-order valence-corrected chi connectivity index (χ2v) is 4.85. The van der Waals surface area contributed by atoms with E-state index in [0.717, 1.165) is 5.56 Å².